The molecule has 0 amide bonds. The Kier molecular flexibility index (Phi) is 5.27. The van der Waals surface area contributed by atoms with Gasteiger partial charge in [-0.25, -0.2) is 0 Å². The summed E-state index contributed by atoms with van der Waals surface area (Å²) in [5.41, 5.74) is -0.477. The van der Waals surface area contributed by atoms with Gasteiger partial charge in [0.25, 0.3) is 0 Å². The van der Waals surface area contributed by atoms with Gasteiger partial charge in [0.05, 0.1) is 11.2 Å². The van der Waals surface area contributed by atoms with Gasteiger partial charge >= 0.3 is 0 Å². The van der Waals surface area contributed by atoms with Gasteiger partial charge in [-0.1, -0.05) is 26.7 Å². The van der Waals surface area contributed by atoms with Crippen LogP contribution < -0.4 is 0 Å². The quantitative estimate of drug-likeness (QED) is 0.833. The van der Waals surface area contributed by atoms with Crippen LogP contribution >= 0.6 is 0 Å². The molecule has 1 N–H and O–H groups in total. The molecule has 2 aliphatic rings. The maximum absolute atomic E-state index is 11.1. The molecule has 3 nitrogen and oxygen atoms in total. The molecule has 0 aromatic rings. The van der Waals surface area contributed by atoms with Gasteiger partial charge in [0.15, 0.2) is 0 Å². The van der Waals surface area contributed by atoms with Crippen molar-refractivity contribution in [2.45, 2.75) is 76.4 Å². The second kappa shape index (κ2) is 6.55. The monoisotopic (exact) mass is 270 g/mol. The Bertz CT molecular complexity index is 260. The first-order valence-electron chi connectivity index (χ1n) is 8.08. The van der Waals surface area contributed by atoms with Crippen molar-refractivity contribution in [2.24, 2.45) is 5.92 Å². The van der Waals surface area contributed by atoms with Gasteiger partial charge in [0.1, 0.15) is 0 Å². The molecule has 0 radical (unpaired) electrons. The van der Waals surface area contributed by atoms with Crippen LogP contribution in [0.5, 0.6) is 0 Å². The summed E-state index contributed by atoms with van der Waals surface area (Å²) >= 11 is 0. The fraction of sp³-hybridized carbons (Fsp3) is 1.00. The molecule has 1 spiro atoms. The lowest BCUT2D eigenvalue weighted by Gasteiger charge is -2.48. The van der Waals surface area contributed by atoms with E-state index < -0.39 is 5.60 Å². The van der Waals surface area contributed by atoms with Crippen molar-refractivity contribution >= 4 is 0 Å². The van der Waals surface area contributed by atoms with Gasteiger partial charge in [-0.05, 0) is 44.4 Å². The van der Waals surface area contributed by atoms with Crippen LogP contribution in [-0.2, 0) is 9.47 Å². The molecule has 112 valence electrons. The van der Waals surface area contributed by atoms with E-state index in [1.165, 1.54) is 0 Å². The number of hydrogen-bond acceptors (Lipinski definition) is 3. The summed E-state index contributed by atoms with van der Waals surface area (Å²) in [4.78, 5) is 0. The lowest BCUT2D eigenvalue weighted by molar-refractivity contribution is -0.177. The van der Waals surface area contributed by atoms with Crippen molar-refractivity contribution in [1.29, 1.82) is 0 Å². The molecule has 2 fully saturated rings. The fourth-order valence-corrected chi connectivity index (χ4v) is 3.98. The highest BCUT2D eigenvalue weighted by Gasteiger charge is 2.45. The average molecular weight is 270 g/mol. The molecule has 2 aliphatic heterocycles. The topological polar surface area (TPSA) is 38.7 Å². The zero-order valence-corrected chi connectivity index (χ0v) is 12.6. The zero-order valence-electron chi connectivity index (χ0n) is 12.6. The minimum Gasteiger partial charge on any atom is -0.390 e. The first kappa shape index (κ1) is 15.3. The minimum absolute atomic E-state index is 0.00334. The fourth-order valence-electron chi connectivity index (χ4n) is 3.98. The lowest BCUT2D eigenvalue weighted by atomic mass is 9.70. The molecule has 1 unspecified atom stereocenters. The maximum atomic E-state index is 11.1. The van der Waals surface area contributed by atoms with E-state index in [-0.39, 0.29) is 5.60 Å². The number of aliphatic hydroxyl groups is 1. The van der Waals surface area contributed by atoms with Gasteiger partial charge < -0.3 is 14.6 Å². The van der Waals surface area contributed by atoms with Crippen molar-refractivity contribution in [3.05, 3.63) is 0 Å². The summed E-state index contributed by atoms with van der Waals surface area (Å²) in [5, 5.41) is 11.1. The van der Waals surface area contributed by atoms with E-state index in [1.54, 1.807) is 0 Å². The molecule has 0 aromatic heterocycles. The number of rotatable bonds is 5. The molecule has 2 rings (SSSR count). The molecular weight excluding hydrogens is 240 g/mol. The minimum atomic E-state index is -0.474. The summed E-state index contributed by atoms with van der Waals surface area (Å²) in [7, 11) is 0. The third-order valence-electron chi connectivity index (χ3n) is 5.02. The van der Waals surface area contributed by atoms with Crippen molar-refractivity contribution in [1.82, 2.24) is 0 Å². The standard InChI is InChI=1S/C16H30O3/c1-3-6-16(17,7-4-2)14-5-10-19-15(13-14)8-11-18-12-9-15/h14,17H,3-13H2,1-2H3. The molecule has 19 heavy (non-hydrogen) atoms. The average Bonchev–Trinajstić information content (AvgIpc) is 2.40. The second-order valence-electron chi connectivity index (χ2n) is 6.44. The second-order valence-corrected chi connectivity index (χ2v) is 6.44. The third kappa shape index (κ3) is 3.50. The van der Waals surface area contributed by atoms with E-state index in [0.717, 1.165) is 71.2 Å². The van der Waals surface area contributed by atoms with E-state index >= 15 is 0 Å². The number of ether oxygens (including phenoxy) is 2. The Morgan fingerprint density at radius 2 is 1.74 bits per heavy atom. The molecule has 0 saturated carbocycles. The Balaban J connectivity index is 2.05. The highest BCUT2D eigenvalue weighted by Crippen LogP contribution is 2.43. The first-order valence-corrected chi connectivity index (χ1v) is 8.08. The predicted octanol–water partition coefficient (Wildman–Crippen LogP) is 3.29. The van der Waals surface area contributed by atoms with Gasteiger partial charge in [-0.15, -0.1) is 0 Å². The Labute approximate surface area is 117 Å². The van der Waals surface area contributed by atoms with E-state index in [0.29, 0.717) is 5.92 Å². The Morgan fingerprint density at radius 1 is 1.11 bits per heavy atom. The molecule has 0 aliphatic carbocycles. The summed E-state index contributed by atoms with van der Waals surface area (Å²) in [5.74, 6) is 0.402. The van der Waals surface area contributed by atoms with E-state index in [2.05, 4.69) is 13.8 Å². The molecule has 3 heteroatoms. The summed E-state index contributed by atoms with van der Waals surface area (Å²) in [6, 6.07) is 0. The van der Waals surface area contributed by atoms with Crippen LogP contribution in [0.1, 0.15) is 65.2 Å². The molecule has 0 bridgehead atoms. The molecule has 0 aromatic carbocycles. The SMILES string of the molecule is CCCC(O)(CCC)C1CCOC2(CCOCC2)C1. The smallest absolute Gasteiger partial charge is 0.0730 e. The normalized spacial score (nSPS) is 27.6. The van der Waals surface area contributed by atoms with E-state index in [4.69, 9.17) is 9.47 Å². The van der Waals surface area contributed by atoms with Crippen LogP contribution in [0.4, 0.5) is 0 Å². The molecule has 2 heterocycles. The van der Waals surface area contributed by atoms with Gasteiger partial charge in [0, 0.05) is 19.8 Å². The first-order chi connectivity index (χ1) is 9.14. The molecular formula is C16H30O3. The van der Waals surface area contributed by atoms with Crippen LogP contribution in [-0.4, -0.2) is 36.1 Å². The van der Waals surface area contributed by atoms with E-state index in [1.807, 2.05) is 0 Å². The Hall–Kier alpha value is -0.120. The predicted molar refractivity (Wildman–Crippen MR) is 76.2 cm³/mol. The third-order valence-corrected chi connectivity index (χ3v) is 5.02. The van der Waals surface area contributed by atoms with Gasteiger partial charge in [-0.3, -0.25) is 0 Å². The maximum Gasteiger partial charge on any atom is 0.0730 e. The van der Waals surface area contributed by atoms with Crippen LogP contribution in [0.3, 0.4) is 0 Å². The molecule has 2 saturated heterocycles. The van der Waals surface area contributed by atoms with Gasteiger partial charge in [-0.2, -0.15) is 0 Å². The largest absolute Gasteiger partial charge is 0.390 e. The summed E-state index contributed by atoms with van der Waals surface area (Å²) in [6.45, 7) is 6.77. The van der Waals surface area contributed by atoms with E-state index in [9.17, 15) is 5.11 Å². The lowest BCUT2D eigenvalue weighted by Crippen LogP contribution is -2.50. The highest BCUT2D eigenvalue weighted by atomic mass is 16.5. The number of hydrogen-bond donors (Lipinski definition) is 1. The van der Waals surface area contributed by atoms with Crippen LogP contribution in [0, 0.1) is 5.92 Å². The van der Waals surface area contributed by atoms with Crippen LogP contribution in [0.15, 0.2) is 0 Å². The highest BCUT2D eigenvalue weighted by molar-refractivity contribution is 4.96. The zero-order chi connectivity index (χ0) is 13.8. The summed E-state index contributed by atoms with van der Waals surface area (Å²) in [6.07, 6.45) is 8.01. The Morgan fingerprint density at radius 3 is 2.32 bits per heavy atom. The van der Waals surface area contributed by atoms with Crippen LogP contribution in [0.2, 0.25) is 0 Å². The van der Waals surface area contributed by atoms with Crippen molar-refractivity contribution in [2.75, 3.05) is 19.8 Å². The summed E-state index contributed by atoms with van der Waals surface area (Å²) < 4.78 is 11.6. The van der Waals surface area contributed by atoms with Gasteiger partial charge in [0.2, 0.25) is 0 Å². The molecule has 1 atom stereocenters. The van der Waals surface area contributed by atoms with Crippen molar-refractivity contribution < 1.29 is 14.6 Å². The van der Waals surface area contributed by atoms with Crippen molar-refractivity contribution in [3.63, 3.8) is 0 Å². The van der Waals surface area contributed by atoms with Crippen LogP contribution in [0.25, 0.3) is 0 Å². The van der Waals surface area contributed by atoms with Crippen molar-refractivity contribution in [3.8, 4) is 0 Å².